The second kappa shape index (κ2) is 7.43. The molecule has 2 aromatic carbocycles. The molecule has 0 radical (unpaired) electrons. The van der Waals surface area contributed by atoms with Gasteiger partial charge in [0.1, 0.15) is 0 Å². The maximum absolute atomic E-state index is 13.5. The number of fused-ring (bicyclic) bond motifs is 3. The van der Waals surface area contributed by atoms with E-state index in [0.717, 1.165) is 37.0 Å². The first-order chi connectivity index (χ1) is 14.4. The summed E-state index contributed by atoms with van der Waals surface area (Å²) in [5, 5.41) is 0. The van der Waals surface area contributed by atoms with Crippen molar-refractivity contribution in [3.05, 3.63) is 53.6 Å². The molecule has 0 aliphatic carbocycles. The van der Waals surface area contributed by atoms with E-state index in [-0.39, 0.29) is 22.9 Å². The van der Waals surface area contributed by atoms with Gasteiger partial charge < -0.3 is 4.90 Å². The van der Waals surface area contributed by atoms with Gasteiger partial charge in [-0.2, -0.15) is 13.2 Å². The molecule has 2 aliphatic rings. The fraction of sp³-hybridized carbons (Fsp3) is 0.478. The van der Waals surface area contributed by atoms with Gasteiger partial charge in [-0.05, 0) is 60.6 Å². The molecule has 2 aromatic rings. The van der Waals surface area contributed by atoms with Crippen molar-refractivity contribution < 1.29 is 21.6 Å². The molecule has 0 bridgehead atoms. The molecule has 0 unspecified atom stereocenters. The van der Waals surface area contributed by atoms with Crippen LogP contribution in [-0.4, -0.2) is 27.5 Å². The zero-order valence-corrected chi connectivity index (χ0v) is 18.7. The third kappa shape index (κ3) is 3.79. The van der Waals surface area contributed by atoms with Crippen LogP contribution in [0.5, 0.6) is 0 Å². The number of anilines is 2. The van der Waals surface area contributed by atoms with Crippen LogP contribution in [-0.2, 0) is 21.6 Å². The summed E-state index contributed by atoms with van der Waals surface area (Å²) in [6.45, 7) is 7.16. The van der Waals surface area contributed by atoms with E-state index in [1.54, 1.807) is 12.1 Å². The van der Waals surface area contributed by atoms with E-state index in [1.165, 1.54) is 10.4 Å². The summed E-state index contributed by atoms with van der Waals surface area (Å²) in [4.78, 5) is 2.07. The Morgan fingerprint density at radius 1 is 1.00 bits per heavy atom. The quantitative estimate of drug-likeness (QED) is 0.609. The molecule has 0 N–H and O–H groups in total. The molecule has 1 saturated heterocycles. The predicted molar refractivity (Wildman–Crippen MR) is 116 cm³/mol. The van der Waals surface area contributed by atoms with Gasteiger partial charge >= 0.3 is 6.18 Å². The highest BCUT2D eigenvalue weighted by atomic mass is 32.2. The van der Waals surface area contributed by atoms with Crippen LogP contribution in [0.1, 0.15) is 51.2 Å². The van der Waals surface area contributed by atoms with Crippen molar-refractivity contribution in [1.29, 1.82) is 0 Å². The number of hydrogen-bond donors (Lipinski definition) is 0. The van der Waals surface area contributed by atoms with Crippen LogP contribution >= 0.6 is 0 Å². The van der Waals surface area contributed by atoms with E-state index in [4.69, 9.17) is 0 Å². The van der Waals surface area contributed by atoms with Gasteiger partial charge in [-0.3, -0.25) is 4.31 Å². The molecular weight excluding hydrogens is 425 g/mol. The second-order valence-corrected chi connectivity index (χ2v) is 10.9. The third-order valence-corrected chi connectivity index (χ3v) is 8.54. The zero-order valence-electron chi connectivity index (χ0n) is 17.9. The highest BCUT2D eigenvalue weighted by molar-refractivity contribution is 7.92. The van der Waals surface area contributed by atoms with Crippen molar-refractivity contribution in [3.8, 4) is 0 Å². The van der Waals surface area contributed by atoms with Crippen LogP contribution in [0, 0.1) is 0 Å². The molecule has 0 aromatic heterocycles. The molecule has 4 nitrogen and oxygen atoms in total. The predicted octanol–water partition coefficient (Wildman–Crippen LogP) is 5.57. The average molecular weight is 453 g/mol. The Bertz CT molecular complexity index is 1080. The molecule has 168 valence electrons. The van der Waals surface area contributed by atoms with Crippen molar-refractivity contribution in [3.63, 3.8) is 0 Å². The molecule has 31 heavy (non-hydrogen) atoms. The lowest BCUT2D eigenvalue weighted by Gasteiger charge is -2.40. The van der Waals surface area contributed by atoms with Crippen LogP contribution in [0.3, 0.4) is 0 Å². The number of halogens is 3. The first kappa shape index (κ1) is 22.0. The van der Waals surface area contributed by atoms with Crippen molar-refractivity contribution in [2.45, 2.75) is 62.6 Å². The number of benzene rings is 2. The van der Waals surface area contributed by atoms with Crippen molar-refractivity contribution >= 4 is 21.4 Å². The van der Waals surface area contributed by atoms with Gasteiger partial charge in [0.05, 0.1) is 28.4 Å². The number of hydrogen-bond acceptors (Lipinski definition) is 3. The average Bonchev–Trinajstić information content (AvgIpc) is 3.21. The Balaban J connectivity index is 1.77. The summed E-state index contributed by atoms with van der Waals surface area (Å²) in [5.41, 5.74) is 0.866. The number of nitrogens with zero attached hydrogens (tertiary/aromatic N) is 2. The first-order valence-electron chi connectivity index (χ1n) is 10.6. The van der Waals surface area contributed by atoms with E-state index in [0.29, 0.717) is 17.9 Å². The molecule has 0 saturated carbocycles. The fourth-order valence-electron chi connectivity index (χ4n) is 4.41. The normalized spacial score (nSPS) is 19.4. The highest BCUT2D eigenvalue weighted by Gasteiger charge is 2.41. The van der Waals surface area contributed by atoms with Gasteiger partial charge in [0.15, 0.2) is 0 Å². The summed E-state index contributed by atoms with van der Waals surface area (Å²) in [5.74, 6) is 0. The summed E-state index contributed by atoms with van der Waals surface area (Å²) in [6, 6.07) is 10.1. The van der Waals surface area contributed by atoms with Crippen molar-refractivity contribution in [2.24, 2.45) is 0 Å². The minimum Gasteiger partial charge on any atom is -0.365 e. The van der Waals surface area contributed by atoms with E-state index < -0.39 is 21.8 Å². The van der Waals surface area contributed by atoms with E-state index in [2.05, 4.69) is 20.8 Å². The van der Waals surface area contributed by atoms with E-state index in [9.17, 15) is 21.6 Å². The minimum absolute atomic E-state index is 0.0711. The molecule has 1 atom stereocenters. The first-order valence-corrected chi connectivity index (χ1v) is 12.0. The van der Waals surface area contributed by atoms with Gasteiger partial charge in [-0.15, -0.1) is 0 Å². The van der Waals surface area contributed by atoms with Crippen LogP contribution < -0.4 is 9.21 Å². The maximum atomic E-state index is 13.5. The van der Waals surface area contributed by atoms with Gasteiger partial charge in [0.2, 0.25) is 0 Å². The third-order valence-electron chi connectivity index (χ3n) is 6.74. The van der Waals surface area contributed by atoms with Crippen LogP contribution in [0.4, 0.5) is 24.5 Å². The summed E-state index contributed by atoms with van der Waals surface area (Å²) in [7, 11) is -3.91. The van der Waals surface area contributed by atoms with Gasteiger partial charge in [-0.1, -0.05) is 32.9 Å². The Morgan fingerprint density at radius 2 is 1.65 bits per heavy atom. The van der Waals surface area contributed by atoms with E-state index >= 15 is 0 Å². The van der Waals surface area contributed by atoms with Crippen LogP contribution in [0.2, 0.25) is 0 Å². The van der Waals surface area contributed by atoms with Crippen LogP contribution in [0.15, 0.2) is 47.4 Å². The Morgan fingerprint density at radius 3 is 2.26 bits per heavy atom. The monoisotopic (exact) mass is 452 g/mol. The van der Waals surface area contributed by atoms with Gasteiger partial charge in [-0.25, -0.2) is 8.42 Å². The van der Waals surface area contributed by atoms with Gasteiger partial charge in [0.25, 0.3) is 10.0 Å². The topological polar surface area (TPSA) is 40.6 Å². The molecule has 2 heterocycles. The summed E-state index contributed by atoms with van der Waals surface area (Å²) >= 11 is 0. The maximum Gasteiger partial charge on any atom is 0.416 e. The highest BCUT2D eigenvalue weighted by Crippen LogP contribution is 2.44. The zero-order chi connectivity index (χ0) is 22.6. The standard InChI is InChI=1S/C23H27F3N2O2S/c1-4-22(2,3)16-7-10-19(11-8-16)31(29,30)28-15-18-6-5-13-27(18)21-14-17(23(24,25)26)9-12-20(21)28/h7-12,14,18H,4-6,13,15H2,1-3H3/t18-/m0/s1. The fourth-order valence-corrected chi connectivity index (χ4v) is 5.93. The molecule has 0 spiro atoms. The lowest BCUT2D eigenvalue weighted by molar-refractivity contribution is -0.137. The lowest BCUT2D eigenvalue weighted by atomic mass is 9.82. The second-order valence-electron chi connectivity index (χ2n) is 8.99. The molecule has 4 rings (SSSR count). The van der Waals surface area contributed by atoms with Gasteiger partial charge in [0, 0.05) is 12.6 Å². The number of sulfonamides is 1. The Labute approximate surface area is 181 Å². The summed E-state index contributed by atoms with van der Waals surface area (Å²) in [6.07, 6.45) is -1.98. The number of rotatable bonds is 4. The number of alkyl halides is 3. The van der Waals surface area contributed by atoms with Crippen LogP contribution in [0.25, 0.3) is 0 Å². The smallest absolute Gasteiger partial charge is 0.365 e. The largest absolute Gasteiger partial charge is 0.416 e. The molecule has 1 fully saturated rings. The molecular formula is C23H27F3N2O2S. The lowest BCUT2D eigenvalue weighted by Crippen LogP contribution is -2.48. The summed E-state index contributed by atoms with van der Waals surface area (Å²) < 4.78 is 68.3. The minimum atomic E-state index is -4.48. The van der Waals surface area contributed by atoms with E-state index in [1.807, 2.05) is 17.0 Å². The SMILES string of the molecule is CCC(C)(C)c1ccc(S(=O)(=O)N2C[C@@H]3CCCN3c3cc(C(F)(F)F)ccc32)cc1. The van der Waals surface area contributed by atoms with Crippen molar-refractivity contribution in [2.75, 3.05) is 22.3 Å². The molecule has 0 amide bonds. The Kier molecular flexibility index (Phi) is 5.27. The van der Waals surface area contributed by atoms with Crippen molar-refractivity contribution in [1.82, 2.24) is 0 Å². The molecule has 8 heteroatoms. The Hall–Kier alpha value is -2.22. The molecule has 2 aliphatic heterocycles.